The first-order valence-electron chi connectivity index (χ1n) is 3.88. The zero-order valence-electron chi connectivity index (χ0n) is 6.56. The van der Waals surface area contributed by atoms with Crippen LogP contribution >= 0.6 is 0 Å². The summed E-state index contributed by atoms with van der Waals surface area (Å²) in [5, 5.41) is 0. The molecule has 0 aromatic rings. The zero-order valence-corrected chi connectivity index (χ0v) is 6.56. The van der Waals surface area contributed by atoms with Crippen LogP contribution < -0.4 is 5.73 Å². The van der Waals surface area contributed by atoms with Gasteiger partial charge in [-0.25, -0.2) is 0 Å². The standard InChI is InChI=1S/C9H15N/c1-8-2-4-9(5-3-8)6-7-10/h2,4H,3,5-7,10H2,1H3. The van der Waals surface area contributed by atoms with Crippen LogP contribution in [0.15, 0.2) is 23.3 Å². The summed E-state index contributed by atoms with van der Waals surface area (Å²) in [4.78, 5) is 0. The molecular formula is C9H15N. The normalized spacial score (nSPS) is 18.2. The largest absolute Gasteiger partial charge is 0.330 e. The quantitative estimate of drug-likeness (QED) is 0.619. The lowest BCUT2D eigenvalue weighted by Gasteiger charge is -2.10. The highest BCUT2D eigenvalue weighted by molar-refractivity contribution is 5.22. The van der Waals surface area contributed by atoms with E-state index in [0.717, 1.165) is 13.0 Å². The summed E-state index contributed by atoms with van der Waals surface area (Å²) >= 11 is 0. The Bertz CT molecular complexity index is 162. The average Bonchev–Trinajstić information content (AvgIpc) is 1.95. The number of hydrogen-bond acceptors (Lipinski definition) is 1. The molecule has 1 aliphatic carbocycles. The van der Waals surface area contributed by atoms with E-state index in [9.17, 15) is 0 Å². The Morgan fingerprint density at radius 1 is 1.40 bits per heavy atom. The van der Waals surface area contributed by atoms with E-state index in [1.807, 2.05) is 0 Å². The lowest BCUT2D eigenvalue weighted by molar-refractivity contribution is 0.823. The first-order valence-corrected chi connectivity index (χ1v) is 3.88. The van der Waals surface area contributed by atoms with Crippen LogP contribution in [0, 0.1) is 0 Å². The van der Waals surface area contributed by atoms with Crippen molar-refractivity contribution >= 4 is 0 Å². The predicted molar refractivity (Wildman–Crippen MR) is 44.7 cm³/mol. The molecule has 0 unspecified atom stereocenters. The lowest BCUT2D eigenvalue weighted by atomic mass is 9.97. The lowest BCUT2D eigenvalue weighted by Crippen LogP contribution is -2.01. The van der Waals surface area contributed by atoms with Crippen LogP contribution in [0.4, 0.5) is 0 Å². The summed E-state index contributed by atoms with van der Waals surface area (Å²) < 4.78 is 0. The minimum atomic E-state index is 0.790. The Morgan fingerprint density at radius 3 is 2.70 bits per heavy atom. The second kappa shape index (κ2) is 3.57. The molecule has 0 saturated carbocycles. The first kappa shape index (κ1) is 7.55. The fourth-order valence-corrected chi connectivity index (χ4v) is 1.18. The van der Waals surface area contributed by atoms with Gasteiger partial charge in [0.15, 0.2) is 0 Å². The molecule has 0 fully saturated rings. The van der Waals surface area contributed by atoms with Gasteiger partial charge in [-0.2, -0.15) is 0 Å². The van der Waals surface area contributed by atoms with E-state index >= 15 is 0 Å². The topological polar surface area (TPSA) is 26.0 Å². The van der Waals surface area contributed by atoms with Gasteiger partial charge in [0.25, 0.3) is 0 Å². The van der Waals surface area contributed by atoms with Crippen molar-refractivity contribution in [3.05, 3.63) is 23.3 Å². The third-order valence-corrected chi connectivity index (χ3v) is 1.91. The minimum Gasteiger partial charge on any atom is -0.330 e. The van der Waals surface area contributed by atoms with Gasteiger partial charge in [-0.1, -0.05) is 23.3 Å². The summed E-state index contributed by atoms with van der Waals surface area (Å²) in [5.41, 5.74) is 8.43. The molecule has 0 aliphatic heterocycles. The molecule has 1 aliphatic rings. The minimum absolute atomic E-state index is 0.790. The molecule has 2 N–H and O–H groups in total. The maximum absolute atomic E-state index is 5.43. The van der Waals surface area contributed by atoms with Gasteiger partial charge < -0.3 is 5.73 Å². The van der Waals surface area contributed by atoms with Gasteiger partial charge in [-0.05, 0) is 32.7 Å². The van der Waals surface area contributed by atoms with Gasteiger partial charge in [-0.15, -0.1) is 0 Å². The molecule has 0 aromatic carbocycles. The summed E-state index contributed by atoms with van der Waals surface area (Å²) in [7, 11) is 0. The van der Waals surface area contributed by atoms with Crippen LogP contribution in [0.25, 0.3) is 0 Å². The number of rotatable bonds is 2. The maximum Gasteiger partial charge on any atom is -0.00398 e. The van der Waals surface area contributed by atoms with E-state index in [-0.39, 0.29) is 0 Å². The molecule has 0 atom stereocenters. The highest BCUT2D eigenvalue weighted by Crippen LogP contribution is 2.19. The van der Waals surface area contributed by atoms with Crippen LogP contribution in [0.5, 0.6) is 0 Å². The van der Waals surface area contributed by atoms with Gasteiger partial charge in [0.2, 0.25) is 0 Å². The van der Waals surface area contributed by atoms with E-state index in [4.69, 9.17) is 5.73 Å². The van der Waals surface area contributed by atoms with Crippen LogP contribution in [-0.4, -0.2) is 6.54 Å². The van der Waals surface area contributed by atoms with Crippen molar-refractivity contribution in [2.45, 2.75) is 26.2 Å². The van der Waals surface area contributed by atoms with Gasteiger partial charge in [0, 0.05) is 0 Å². The predicted octanol–water partition coefficient (Wildman–Crippen LogP) is 2.00. The van der Waals surface area contributed by atoms with Gasteiger partial charge in [0.1, 0.15) is 0 Å². The van der Waals surface area contributed by atoms with Crippen LogP contribution in [-0.2, 0) is 0 Å². The van der Waals surface area contributed by atoms with Crippen molar-refractivity contribution in [3.63, 3.8) is 0 Å². The fourth-order valence-electron chi connectivity index (χ4n) is 1.18. The zero-order chi connectivity index (χ0) is 7.40. The highest BCUT2D eigenvalue weighted by Gasteiger charge is 2.00. The van der Waals surface area contributed by atoms with Crippen molar-refractivity contribution < 1.29 is 0 Å². The summed E-state index contributed by atoms with van der Waals surface area (Å²) in [5.74, 6) is 0. The van der Waals surface area contributed by atoms with Crippen LogP contribution in [0.2, 0.25) is 0 Å². The molecule has 0 saturated heterocycles. The summed E-state index contributed by atoms with van der Waals surface area (Å²) in [6, 6.07) is 0. The molecule has 1 heteroatoms. The second-order valence-electron chi connectivity index (χ2n) is 2.88. The number of nitrogens with two attached hydrogens (primary N) is 1. The van der Waals surface area contributed by atoms with Crippen molar-refractivity contribution in [2.75, 3.05) is 6.54 Å². The SMILES string of the molecule is CC1=CC=C(CCN)CC1. The van der Waals surface area contributed by atoms with Crippen molar-refractivity contribution in [2.24, 2.45) is 5.73 Å². The molecule has 56 valence electrons. The third-order valence-electron chi connectivity index (χ3n) is 1.91. The molecular weight excluding hydrogens is 122 g/mol. The maximum atomic E-state index is 5.43. The second-order valence-corrected chi connectivity index (χ2v) is 2.88. The average molecular weight is 137 g/mol. The molecule has 0 amide bonds. The Kier molecular flexibility index (Phi) is 2.69. The number of hydrogen-bond donors (Lipinski definition) is 1. The molecule has 10 heavy (non-hydrogen) atoms. The third kappa shape index (κ3) is 1.99. The van der Waals surface area contributed by atoms with E-state index in [2.05, 4.69) is 19.1 Å². The Labute approximate surface area is 62.6 Å². The van der Waals surface area contributed by atoms with Crippen molar-refractivity contribution in [1.82, 2.24) is 0 Å². The van der Waals surface area contributed by atoms with E-state index in [0.29, 0.717) is 0 Å². The van der Waals surface area contributed by atoms with E-state index < -0.39 is 0 Å². The molecule has 1 nitrogen and oxygen atoms in total. The molecule has 0 heterocycles. The van der Waals surface area contributed by atoms with Crippen LogP contribution in [0.1, 0.15) is 26.2 Å². The smallest absolute Gasteiger partial charge is 0.00398 e. The Hall–Kier alpha value is -0.560. The Balaban J connectivity index is 2.47. The van der Waals surface area contributed by atoms with Gasteiger partial charge in [0.05, 0.1) is 0 Å². The highest BCUT2D eigenvalue weighted by atomic mass is 14.5. The Morgan fingerprint density at radius 2 is 2.20 bits per heavy atom. The summed E-state index contributed by atoms with van der Waals surface area (Å²) in [6.45, 7) is 2.97. The van der Waals surface area contributed by atoms with Gasteiger partial charge in [-0.3, -0.25) is 0 Å². The van der Waals surface area contributed by atoms with E-state index in [1.54, 1.807) is 0 Å². The van der Waals surface area contributed by atoms with Crippen molar-refractivity contribution in [1.29, 1.82) is 0 Å². The molecule has 0 aromatic heterocycles. The van der Waals surface area contributed by atoms with E-state index in [1.165, 1.54) is 24.0 Å². The monoisotopic (exact) mass is 137 g/mol. The van der Waals surface area contributed by atoms with Crippen LogP contribution in [0.3, 0.4) is 0 Å². The molecule has 0 radical (unpaired) electrons. The molecule has 0 spiro atoms. The van der Waals surface area contributed by atoms with Gasteiger partial charge >= 0.3 is 0 Å². The first-order chi connectivity index (χ1) is 4.83. The molecule has 1 rings (SSSR count). The van der Waals surface area contributed by atoms with Crippen molar-refractivity contribution in [3.8, 4) is 0 Å². The fraction of sp³-hybridized carbons (Fsp3) is 0.556. The number of allylic oxidation sites excluding steroid dienone is 3. The molecule has 0 bridgehead atoms. The summed E-state index contributed by atoms with van der Waals surface area (Å²) in [6.07, 6.45) is 7.94.